The summed E-state index contributed by atoms with van der Waals surface area (Å²) in [5, 5.41) is 12.1. The number of aliphatic hydroxyl groups excluding tert-OH is 1. The molecule has 0 spiro atoms. The van der Waals surface area contributed by atoms with Gasteiger partial charge in [-0.25, -0.2) is 4.79 Å². The maximum atomic E-state index is 12.0. The third kappa shape index (κ3) is 3.87. The molecule has 1 fully saturated rings. The first-order chi connectivity index (χ1) is 9.70. The number of urea groups is 1. The maximum Gasteiger partial charge on any atom is 0.317 e. The Labute approximate surface area is 119 Å². The number of aliphatic hydroxyl groups is 1. The summed E-state index contributed by atoms with van der Waals surface area (Å²) >= 11 is 0. The molecule has 1 heterocycles. The van der Waals surface area contributed by atoms with Gasteiger partial charge >= 0.3 is 6.03 Å². The van der Waals surface area contributed by atoms with Crippen molar-refractivity contribution in [2.24, 2.45) is 0 Å². The van der Waals surface area contributed by atoms with E-state index in [1.807, 2.05) is 37.3 Å². The van der Waals surface area contributed by atoms with Crippen molar-refractivity contribution in [3.63, 3.8) is 0 Å². The number of benzene rings is 1. The molecule has 0 radical (unpaired) electrons. The first-order valence-corrected chi connectivity index (χ1v) is 7.07. The summed E-state index contributed by atoms with van der Waals surface area (Å²) in [6.45, 7) is 3.11. The number of nitrogens with one attached hydrogen (secondary N) is 1. The van der Waals surface area contributed by atoms with E-state index in [1.165, 1.54) is 0 Å². The fraction of sp³-hybridized carbons (Fsp3) is 0.533. The van der Waals surface area contributed by atoms with Crippen LogP contribution in [0.5, 0.6) is 5.75 Å². The Balaban J connectivity index is 1.75. The van der Waals surface area contributed by atoms with E-state index in [4.69, 9.17) is 4.74 Å². The molecule has 0 aliphatic carbocycles. The van der Waals surface area contributed by atoms with Gasteiger partial charge in [0.2, 0.25) is 0 Å². The standard InChI is InChI=1S/C15H22N2O3/c1-12(20-14-7-3-2-4-8-14)10-16-15(19)17-9-5-6-13(17)11-18/h2-4,7-8,12-13,18H,5-6,9-11H2,1H3,(H,16,19). The summed E-state index contributed by atoms with van der Waals surface area (Å²) in [7, 11) is 0. The smallest absolute Gasteiger partial charge is 0.317 e. The number of hydrogen-bond acceptors (Lipinski definition) is 3. The first kappa shape index (κ1) is 14.7. The molecule has 5 nitrogen and oxygen atoms in total. The highest BCUT2D eigenvalue weighted by atomic mass is 16.5. The van der Waals surface area contributed by atoms with E-state index >= 15 is 0 Å². The Bertz CT molecular complexity index is 424. The number of ether oxygens (including phenoxy) is 1. The lowest BCUT2D eigenvalue weighted by Crippen LogP contribution is -2.46. The van der Waals surface area contributed by atoms with Crippen molar-refractivity contribution in [3.8, 4) is 5.75 Å². The van der Waals surface area contributed by atoms with Gasteiger partial charge in [-0.3, -0.25) is 0 Å². The molecule has 110 valence electrons. The lowest BCUT2D eigenvalue weighted by molar-refractivity contribution is 0.151. The monoisotopic (exact) mass is 278 g/mol. The van der Waals surface area contributed by atoms with Crippen LogP contribution in [0.15, 0.2) is 30.3 Å². The highest BCUT2D eigenvalue weighted by molar-refractivity contribution is 5.74. The van der Waals surface area contributed by atoms with Crippen LogP contribution >= 0.6 is 0 Å². The lowest BCUT2D eigenvalue weighted by atomic mass is 10.2. The minimum atomic E-state index is -0.120. The largest absolute Gasteiger partial charge is 0.489 e. The van der Waals surface area contributed by atoms with E-state index in [2.05, 4.69) is 5.32 Å². The minimum absolute atomic E-state index is 0.0312. The summed E-state index contributed by atoms with van der Waals surface area (Å²) in [5.74, 6) is 0.795. The van der Waals surface area contributed by atoms with Crippen LogP contribution in [0.3, 0.4) is 0 Å². The summed E-state index contributed by atoms with van der Waals surface area (Å²) in [5.41, 5.74) is 0. The number of amides is 2. The van der Waals surface area contributed by atoms with Gasteiger partial charge in [-0.2, -0.15) is 0 Å². The van der Waals surface area contributed by atoms with Gasteiger partial charge < -0.3 is 20.1 Å². The van der Waals surface area contributed by atoms with Crippen LogP contribution in [0.1, 0.15) is 19.8 Å². The zero-order valence-corrected chi connectivity index (χ0v) is 11.8. The highest BCUT2D eigenvalue weighted by Gasteiger charge is 2.27. The molecule has 1 aromatic carbocycles. The fourth-order valence-electron chi connectivity index (χ4n) is 2.40. The molecule has 0 aromatic heterocycles. The summed E-state index contributed by atoms with van der Waals surface area (Å²) in [6, 6.07) is 9.38. The molecular formula is C15H22N2O3. The number of carbonyl (C=O) groups is 1. The molecule has 2 unspecified atom stereocenters. The van der Waals surface area contributed by atoms with Gasteiger partial charge in [0.05, 0.1) is 19.2 Å². The molecule has 1 aliphatic rings. The van der Waals surface area contributed by atoms with E-state index in [0.717, 1.165) is 18.6 Å². The second kappa shape index (κ2) is 7.14. The van der Waals surface area contributed by atoms with Gasteiger partial charge in [-0.15, -0.1) is 0 Å². The Morgan fingerprint density at radius 2 is 2.25 bits per heavy atom. The third-order valence-electron chi connectivity index (χ3n) is 3.47. The Hall–Kier alpha value is -1.75. The molecule has 2 N–H and O–H groups in total. The predicted molar refractivity (Wildman–Crippen MR) is 76.7 cm³/mol. The highest BCUT2D eigenvalue weighted by Crippen LogP contribution is 2.16. The van der Waals surface area contributed by atoms with Gasteiger partial charge in [0.1, 0.15) is 11.9 Å². The molecule has 20 heavy (non-hydrogen) atoms. The molecule has 0 saturated carbocycles. The number of carbonyl (C=O) groups excluding carboxylic acids is 1. The van der Waals surface area contributed by atoms with E-state index in [9.17, 15) is 9.90 Å². The van der Waals surface area contributed by atoms with Gasteiger partial charge in [0, 0.05) is 6.54 Å². The van der Waals surface area contributed by atoms with Crippen molar-refractivity contribution in [1.29, 1.82) is 0 Å². The SMILES string of the molecule is CC(CNC(=O)N1CCCC1CO)Oc1ccccc1. The average Bonchev–Trinajstić information content (AvgIpc) is 2.94. The van der Waals surface area contributed by atoms with Crippen molar-refractivity contribution in [3.05, 3.63) is 30.3 Å². The zero-order chi connectivity index (χ0) is 14.4. The van der Waals surface area contributed by atoms with Crippen LogP contribution in [-0.4, -0.2) is 47.9 Å². The fourth-order valence-corrected chi connectivity index (χ4v) is 2.40. The molecule has 0 bridgehead atoms. The molecule has 2 rings (SSSR count). The number of hydrogen-bond donors (Lipinski definition) is 2. The normalized spacial score (nSPS) is 19.7. The van der Waals surface area contributed by atoms with Crippen molar-refractivity contribution < 1.29 is 14.6 Å². The quantitative estimate of drug-likeness (QED) is 0.860. The minimum Gasteiger partial charge on any atom is -0.489 e. The van der Waals surface area contributed by atoms with Crippen molar-refractivity contribution in [1.82, 2.24) is 10.2 Å². The van der Waals surface area contributed by atoms with Crippen LogP contribution in [0.2, 0.25) is 0 Å². The van der Waals surface area contributed by atoms with Gasteiger partial charge in [-0.1, -0.05) is 18.2 Å². The summed E-state index contributed by atoms with van der Waals surface area (Å²) in [4.78, 5) is 13.7. The molecule has 1 aliphatic heterocycles. The number of nitrogens with zero attached hydrogens (tertiary/aromatic N) is 1. The van der Waals surface area contributed by atoms with Gasteiger partial charge in [0.15, 0.2) is 0 Å². The van der Waals surface area contributed by atoms with E-state index in [-0.39, 0.29) is 24.8 Å². The van der Waals surface area contributed by atoms with E-state index in [1.54, 1.807) is 4.90 Å². The molecule has 5 heteroatoms. The van der Waals surface area contributed by atoms with Crippen LogP contribution in [0.25, 0.3) is 0 Å². The molecule has 1 aromatic rings. The van der Waals surface area contributed by atoms with Crippen molar-refractivity contribution in [2.75, 3.05) is 19.7 Å². The number of likely N-dealkylation sites (tertiary alicyclic amines) is 1. The van der Waals surface area contributed by atoms with Crippen LogP contribution in [0.4, 0.5) is 4.79 Å². The Morgan fingerprint density at radius 3 is 2.95 bits per heavy atom. The molecular weight excluding hydrogens is 256 g/mol. The predicted octanol–water partition coefficient (Wildman–Crippen LogP) is 1.62. The second-order valence-corrected chi connectivity index (χ2v) is 5.10. The Morgan fingerprint density at radius 1 is 1.50 bits per heavy atom. The van der Waals surface area contributed by atoms with Gasteiger partial charge in [-0.05, 0) is 31.9 Å². The zero-order valence-electron chi connectivity index (χ0n) is 11.8. The topological polar surface area (TPSA) is 61.8 Å². The van der Waals surface area contributed by atoms with E-state index < -0.39 is 0 Å². The second-order valence-electron chi connectivity index (χ2n) is 5.10. The number of rotatable bonds is 5. The first-order valence-electron chi connectivity index (χ1n) is 7.07. The van der Waals surface area contributed by atoms with Crippen LogP contribution in [0, 0.1) is 0 Å². The van der Waals surface area contributed by atoms with Gasteiger partial charge in [0.25, 0.3) is 0 Å². The third-order valence-corrected chi connectivity index (χ3v) is 3.47. The van der Waals surface area contributed by atoms with Crippen LogP contribution < -0.4 is 10.1 Å². The van der Waals surface area contributed by atoms with Crippen LogP contribution in [-0.2, 0) is 0 Å². The number of para-hydroxylation sites is 1. The summed E-state index contributed by atoms with van der Waals surface area (Å²) < 4.78 is 5.70. The molecule has 2 atom stereocenters. The summed E-state index contributed by atoms with van der Waals surface area (Å²) in [6.07, 6.45) is 1.73. The van der Waals surface area contributed by atoms with E-state index in [0.29, 0.717) is 13.1 Å². The maximum absolute atomic E-state index is 12.0. The molecule has 1 saturated heterocycles. The lowest BCUT2D eigenvalue weighted by Gasteiger charge is -2.24. The Kier molecular flexibility index (Phi) is 5.24. The van der Waals surface area contributed by atoms with Crippen molar-refractivity contribution >= 4 is 6.03 Å². The average molecular weight is 278 g/mol. The molecule has 2 amide bonds. The van der Waals surface area contributed by atoms with Crippen molar-refractivity contribution in [2.45, 2.75) is 31.9 Å².